The van der Waals surface area contributed by atoms with Crippen molar-refractivity contribution < 1.29 is 13.2 Å². The van der Waals surface area contributed by atoms with Gasteiger partial charge in [0.1, 0.15) is 0 Å². The van der Waals surface area contributed by atoms with Crippen LogP contribution < -0.4 is 5.56 Å². The van der Waals surface area contributed by atoms with Gasteiger partial charge in [0.15, 0.2) is 0 Å². The molecule has 22 heavy (non-hydrogen) atoms. The highest BCUT2D eigenvalue weighted by Crippen LogP contribution is 2.16. The van der Waals surface area contributed by atoms with Gasteiger partial charge in [-0.25, -0.2) is 13.4 Å². The molecule has 124 valence electrons. The fourth-order valence-electron chi connectivity index (χ4n) is 2.40. The molecule has 0 fully saturated rings. The summed E-state index contributed by atoms with van der Waals surface area (Å²) in [4.78, 5) is 16.7. The van der Waals surface area contributed by atoms with Crippen LogP contribution in [0.25, 0.3) is 0 Å². The first-order valence-electron chi connectivity index (χ1n) is 7.51. The van der Waals surface area contributed by atoms with E-state index < -0.39 is 10.0 Å². The molecule has 0 amide bonds. The van der Waals surface area contributed by atoms with Gasteiger partial charge in [-0.2, -0.15) is 4.31 Å². The van der Waals surface area contributed by atoms with Gasteiger partial charge in [-0.15, -0.1) is 0 Å². The number of hydrogen-bond acceptors (Lipinski definition) is 5. The summed E-state index contributed by atoms with van der Waals surface area (Å²) in [5, 5.41) is 0. The standard InChI is InChI=1S/C14H23N3O4S/c1-4-22(19,20)17-6-5-12-13(9-17)15-10-16(14(12)18)7-8-21-11(2)3/h10-11H,4-9H2,1-3H3. The van der Waals surface area contributed by atoms with Crippen LogP contribution in [0.1, 0.15) is 32.0 Å². The van der Waals surface area contributed by atoms with E-state index in [1.807, 2.05) is 13.8 Å². The highest BCUT2D eigenvalue weighted by Gasteiger charge is 2.27. The van der Waals surface area contributed by atoms with Gasteiger partial charge in [0.05, 0.1) is 43.6 Å². The molecule has 1 aromatic rings. The molecule has 2 rings (SSSR count). The van der Waals surface area contributed by atoms with E-state index in [0.29, 0.717) is 37.4 Å². The van der Waals surface area contributed by atoms with Crippen LogP contribution in [0.2, 0.25) is 0 Å². The predicted octanol–water partition coefficient (Wildman–Crippen LogP) is 0.376. The Morgan fingerprint density at radius 3 is 2.77 bits per heavy atom. The van der Waals surface area contributed by atoms with Crippen molar-refractivity contribution in [1.82, 2.24) is 13.9 Å². The fraction of sp³-hybridized carbons (Fsp3) is 0.714. The number of ether oxygens (including phenoxy) is 1. The lowest BCUT2D eigenvalue weighted by Crippen LogP contribution is -2.41. The monoisotopic (exact) mass is 329 g/mol. The molecular formula is C14H23N3O4S. The maximum Gasteiger partial charge on any atom is 0.256 e. The molecule has 0 atom stereocenters. The van der Waals surface area contributed by atoms with E-state index >= 15 is 0 Å². The van der Waals surface area contributed by atoms with E-state index in [1.54, 1.807) is 6.92 Å². The molecular weight excluding hydrogens is 306 g/mol. The second-order valence-corrected chi connectivity index (χ2v) is 7.83. The zero-order chi connectivity index (χ0) is 16.3. The van der Waals surface area contributed by atoms with Crippen molar-refractivity contribution in [2.75, 3.05) is 18.9 Å². The average Bonchev–Trinajstić information content (AvgIpc) is 2.49. The van der Waals surface area contributed by atoms with Crippen molar-refractivity contribution in [2.24, 2.45) is 0 Å². The van der Waals surface area contributed by atoms with Gasteiger partial charge in [0, 0.05) is 12.1 Å². The van der Waals surface area contributed by atoms with Gasteiger partial charge in [0.25, 0.3) is 5.56 Å². The van der Waals surface area contributed by atoms with Crippen LogP contribution >= 0.6 is 0 Å². The second kappa shape index (κ2) is 6.89. The summed E-state index contributed by atoms with van der Waals surface area (Å²) in [5.41, 5.74) is 1.09. The summed E-state index contributed by atoms with van der Waals surface area (Å²) in [6.07, 6.45) is 2.01. The van der Waals surface area contributed by atoms with Crippen LogP contribution in [0.3, 0.4) is 0 Å². The summed E-state index contributed by atoms with van der Waals surface area (Å²) in [6.45, 7) is 6.93. The quantitative estimate of drug-likeness (QED) is 0.753. The molecule has 0 radical (unpaired) electrons. The Hall–Kier alpha value is -1.25. The zero-order valence-corrected chi connectivity index (χ0v) is 14.1. The van der Waals surface area contributed by atoms with E-state index in [-0.39, 0.29) is 24.0 Å². The molecule has 0 saturated heterocycles. The van der Waals surface area contributed by atoms with Crippen LogP contribution in [0.15, 0.2) is 11.1 Å². The summed E-state index contributed by atoms with van der Waals surface area (Å²) in [6, 6.07) is 0. The second-order valence-electron chi connectivity index (χ2n) is 5.57. The van der Waals surface area contributed by atoms with Crippen LogP contribution in [-0.4, -0.2) is 47.3 Å². The van der Waals surface area contributed by atoms with E-state index in [1.165, 1.54) is 15.2 Å². The average molecular weight is 329 g/mol. The van der Waals surface area contributed by atoms with E-state index in [0.717, 1.165) is 0 Å². The third-order valence-electron chi connectivity index (χ3n) is 3.70. The molecule has 0 spiro atoms. The molecule has 2 heterocycles. The van der Waals surface area contributed by atoms with E-state index in [9.17, 15) is 13.2 Å². The highest BCUT2D eigenvalue weighted by atomic mass is 32.2. The minimum Gasteiger partial charge on any atom is -0.377 e. The minimum atomic E-state index is -3.25. The molecule has 0 saturated carbocycles. The number of sulfonamides is 1. The van der Waals surface area contributed by atoms with Gasteiger partial charge in [0.2, 0.25) is 10.0 Å². The maximum absolute atomic E-state index is 12.4. The van der Waals surface area contributed by atoms with E-state index in [4.69, 9.17) is 4.74 Å². The summed E-state index contributed by atoms with van der Waals surface area (Å²) in [7, 11) is -3.25. The lowest BCUT2D eigenvalue weighted by Gasteiger charge is -2.26. The molecule has 0 unspecified atom stereocenters. The van der Waals surface area contributed by atoms with Gasteiger partial charge < -0.3 is 4.74 Å². The zero-order valence-electron chi connectivity index (χ0n) is 13.3. The molecule has 8 heteroatoms. The lowest BCUT2D eigenvalue weighted by atomic mass is 10.1. The Labute approximate surface area is 131 Å². The van der Waals surface area contributed by atoms with E-state index in [2.05, 4.69) is 4.98 Å². The molecule has 0 aromatic carbocycles. The van der Waals surface area contributed by atoms with Crippen molar-refractivity contribution >= 4 is 10.0 Å². The molecule has 0 bridgehead atoms. The van der Waals surface area contributed by atoms with Crippen molar-refractivity contribution in [2.45, 2.75) is 46.4 Å². The summed E-state index contributed by atoms with van der Waals surface area (Å²) in [5.74, 6) is 0.0614. The first kappa shape index (κ1) is 17.1. The van der Waals surface area contributed by atoms with Gasteiger partial charge in [-0.05, 0) is 27.2 Å². The summed E-state index contributed by atoms with van der Waals surface area (Å²) >= 11 is 0. The number of aromatic nitrogens is 2. The first-order chi connectivity index (χ1) is 10.3. The molecule has 0 N–H and O–H groups in total. The molecule has 0 aliphatic carbocycles. The minimum absolute atomic E-state index is 0.0614. The van der Waals surface area contributed by atoms with Gasteiger partial charge >= 0.3 is 0 Å². The van der Waals surface area contributed by atoms with Crippen LogP contribution in [-0.2, 0) is 34.3 Å². The normalized spacial score (nSPS) is 16.0. The van der Waals surface area contributed by atoms with Gasteiger partial charge in [-0.3, -0.25) is 9.36 Å². The summed E-state index contributed by atoms with van der Waals surface area (Å²) < 4.78 is 32.2. The highest BCUT2D eigenvalue weighted by molar-refractivity contribution is 7.89. The van der Waals surface area contributed by atoms with Crippen LogP contribution in [0.5, 0.6) is 0 Å². The van der Waals surface area contributed by atoms with Crippen molar-refractivity contribution in [1.29, 1.82) is 0 Å². The van der Waals surface area contributed by atoms with Crippen molar-refractivity contribution in [3.05, 3.63) is 27.9 Å². The number of fused-ring (bicyclic) bond motifs is 1. The number of hydrogen-bond donors (Lipinski definition) is 0. The number of rotatable bonds is 6. The van der Waals surface area contributed by atoms with Crippen LogP contribution in [0.4, 0.5) is 0 Å². The lowest BCUT2D eigenvalue weighted by molar-refractivity contribution is 0.0720. The third kappa shape index (κ3) is 3.74. The number of nitrogens with zero attached hydrogens (tertiary/aromatic N) is 3. The SMILES string of the molecule is CCS(=O)(=O)N1CCc2c(ncn(CCOC(C)C)c2=O)C1. The largest absolute Gasteiger partial charge is 0.377 e. The Bertz CT molecular complexity index is 682. The molecule has 1 aromatic heterocycles. The van der Waals surface area contributed by atoms with Gasteiger partial charge in [-0.1, -0.05) is 0 Å². The van der Waals surface area contributed by atoms with Crippen molar-refractivity contribution in [3.8, 4) is 0 Å². The van der Waals surface area contributed by atoms with Crippen molar-refractivity contribution in [3.63, 3.8) is 0 Å². The fourth-order valence-corrected chi connectivity index (χ4v) is 3.46. The maximum atomic E-state index is 12.4. The molecule has 1 aliphatic heterocycles. The molecule has 7 nitrogen and oxygen atoms in total. The Morgan fingerprint density at radius 2 is 2.14 bits per heavy atom. The Balaban J connectivity index is 2.16. The Kier molecular flexibility index (Phi) is 5.36. The topological polar surface area (TPSA) is 81.5 Å². The molecule has 1 aliphatic rings. The third-order valence-corrected chi connectivity index (χ3v) is 5.53. The smallest absolute Gasteiger partial charge is 0.256 e. The Morgan fingerprint density at radius 1 is 1.41 bits per heavy atom. The predicted molar refractivity (Wildman–Crippen MR) is 83.2 cm³/mol. The first-order valence-corrected chi connectivity index (χ1v) is 9.12. The van der Waals surface area contributed by atoms with Crippen LogP contribution in [0, 0.1) is 0 Å².